The monoisotopic (exact) mass is 572 g/mol. The summed E-state index contributed by atoms with van der Waals surface area (Å²) >= 11 is 4.74. The van der Waals surface area contributed by atoms with Crippen LogP contribution in [0.1, 0.15) is 31.0 Å². The highest BCUT2D eigenvalue weighted by atomic mass is 79.9. The lowest BCUT2D eigenvalue weighted by molar-refractivity contribution is -0.139. The first-order valence-electron chi connectivity index (χ1n) is 11.1. The van der Waals surface area contributed by atoms with Crippen molar-refractivity contribution in [3.05, 3.63) is 83.0 Å². The predicted molar refractivity (Wildman–Crippen MR) is 141 cm³/mol. The van der Waals surface area contributed by atoms with Crippen molar-refractivity contribution < 1.29 is 23.7 Å². The maximum absolute atomic E-state index is 13.8. The summed E-state index contributed by atoms with van der Waals surface area (Å²) < 4.78 is 24.5. The Hall–Kier alpha value is -3.37. The number of methoxy groups -OCH3 is 3. The van der Waals surface area contributed by atoms with Gasteiger partial charge in [-0.15, -0.1) is 0 Å². The first-order valence-corrected chi connectivity index (χ1v) is 12.7. The Balaban J connectivity index is 1.96. The maximum atomic E-state index is 13.8. The number of esters is 1. The van der Waals surface area contributed by atoms with E-state index in [0.717, 1.165) is 10.0 Å². The maximum Gasteiger partial charge on any atom is 0.338 e. The smallest absolute Gasteiger partial charge is 0.338 e. The number of fused-ring (bicyclic) bond motifs is 1. The SMILES string of the molecule is CCOC(=O)C1=C(C)N=c2s/c(=C\c3cc(OC)c(OC)c(OC)c3)c(=O)n2[C@H]1c1cccc(Br)c1. The molecule has 10 heteroatoms. The molecule has 0 spiro atoms. The molecule has 1 aliphatic heterocycles. The number of hydrogen-bond donors (Lipinski definition) is 0. The van der Waals surface area contributed by atoms with Gasteiger partial charge in [0.05, 0.1) is 49.8 Å². The number of rotatable bonds is 7. The summed E-state index contributed by atoms with van der Waals surface area (Å²) in [4.78, 5) is 31.8. The van der Waals surface area contributed by atoms with Gasteiger partial charge in [0.25, 0.3) is 5.56 Å². The number of carbonyl (C=O) groups is 1. The molecule has 0 bridgehead atoms. The van der Waals surface area contributed by atoms with Crippen LogP contribution in [0.3, 0.4) is 0 Å². The van der Waals surface area contributed by atoms with Crippen molar-refractivity contribution in [2.24, 2.45) is 4.99 Å². The Bertz CT molecular complexity index is 1510. The second kappa shape index (κ2) is 10.7. The van der Waals surface area contributed by atoms with Gasteiger partial charge >= 0.3 is 5.97 Å². The molecule has 8 nitrogen and oxygen atoms in total. The van der Waals surface area contributed by atoms with Gasteiger partial charge in [0, 0.05) is 4.47 Å². The minimum absolute atomic E-state index is 0.215. The van der Waals surface area contributed by atoms with Crippen molar-refractivity contribution in [2.45, 2.75) is 19.9 Å². The Morgan fingerprint density at radius 2 is 1.83 bits per heavy atom. The molecule has 1 aliphatic rings. The van der Waals surface area contributed by atoms with Crippen LogP contribution in [0.25, 0.3) is 6.08 Å². The predicted octanol–water partition coefficient (Wildman–Crippen LogP) is 3.59. The van der Waals surface area contributed by atoms with E-state index in [0.29, 0.717) is 43.4 Å². The van der Waals surface area contributed by atoms with Gasteiger partial charge < -0.3 is 18.9 Å². The van der Waals surface area contributed by atoms with Gasteiger partial charge in [0.2, 0.25) is 5.75 Å². The van der Waals surface area contributed by atoms with E-state index in [1.165, 1.54) is 32.7 Å². The quantitative estimate of drug-likeness (QED) is 0.402. The number of hydrogen-bond acceptors (Lipinski definition) is 8. The fourth-order valence-corrected chi connectivity index (χ4v) is 5.58. The Kier molecular flexibility index (Phi) is 7.65. The average Bonchev–Trinajstić information content (AvgIpc) is 3.16. The lowest BCUT2D eigenvalue weighted by Gasteiger charge is -2.24. The molecule has 0 saturated carbocycles. The summed E-state index contributed by atoms with van der Waals surface area (Å²) in [5, 5.41) is 0. The number of allylic oxidation sites excluding steroid dienone is 1. The van der Waals surface area contributed by atoms with Crippen LogP contribution in [0.4, 0.5) is 0 Å². The van der Waals surface area contributed by atoms with Crippen LogP contribution in [-0.4, -0.2) is 38.5 Å². The summed E-state index contributed by atoms with van der Waals surface area (Å²) in [6.07, 6.45) is 1.75. The van der Waals surface area contributed by atoms with Crippen molar-refractivity contribution in [3.63, 3.8) is 0 Å². The average molecular weight is 573 g/mol. The lowest BCUT2D eigenvalue weighted by Crippen LogP contribution is -2.39. The molecule has 188 valence electrons. The van der Waals surface area contributed by atoms with Gasteiger partial charge in [-0.05, 0) is 55.3 Å². The molecule has 3 aromatic rings. The largest absolute Gasteiger partial charge is 0.493 e. The minimum Gasteiger partial charge on any atom is -0.493 e. The number of benzene rings is 2. The van der Waals surface area contributed by atoms with Crippen molar-refractivity contribution in [1.82, 2.24) is 4.57 Å². The zero-order valence-corrected chi connectivity index (χ0v) is 22.9. The van der Waals surface area contributed by atoms with Crippen LogP contribution in [-0.2, 0) is 9.53 Å². The molecule has 36 heavy (non-hydrogen) atoms. The molecule has 0 fully saturated rings. The van der Waals surface area contributed by atoms with E-state index in [1.807, 2.05) is 24.3 Å². The van der Waals surface area contributed by atoms with E-state index in [4.69, 9.17) is 18.9 Å². The van der Waals surface area contributed by atoms with E-state index < -0.39 is 12.0 Å². The standard InChI is InChI=1S/C26H25BrN2O6S/c1-6-35-25(31)21-14(2)28-26-29(22(21)16-8-7-9-17(27)13-16)24(30)20(36-26)12-15-10-18(32-3)23(34-5)19(11-15)33-4/h7-13,22H,6H2,1-5H3/b20-12-/t22-/m0/s1. The van der Waals surface area contributed by atoms with Gasteiger partial charge in [-0.3, -0.25) is 9.36 Å². The molecular formula is C26H25BrN2O6S. The van der Waals surface area contributed by atoms with Gasteiger partial charge in [0.1, 0.15) is 0 Å². The summed E-state index contributed by atoms with van der Waals surface area (Å²) in [7, 11) is 4.60. The molecule has 0 radical (unpaired) electrons. The molecule has 0 saturated heterocycles. The van der Waals surface area contributed by atoms with Crippen LogP contribution < -0.4 is 29.1 Å². The van der Waals surface area contributed by atoms with Gasteiger partial charge in [-0.1, -0.05) is 39.4 Å². The van der Waals surface area contributed by atoms with Gasteiger partial charge in [0.15, 0.2) is 16.3 Å². The molecular weight excluding hydrogens is 548 g/mol. The zero-order chi connectivity index (χ0) is 26.0. The van der Waals surface area contributed by atoms with Crippen LogP contribution in [0, 0.1) is 0 Å². The summed E-state index contributed by atoms with van der Waals surface area (Å²) in [6.45, 7) is 3.72. The number of nitrogens with zero attached hydrogens (tertiary/aromatic N) is 2. The molecule has 4 rings (SSSR count). The third kappa shape index (κ3) is 4.70. The normalized spacial score (nSPS) is 15.3. The van der Waals surface area contributed by atoms with E-state index in [-0.39, 0.29) is 12.2 Å². The lowest BCUT2D eigenvalue weighted by atomic mass is 9.96. The number of halogens is 1. The van der Waals surface area contributed by atoms with E-state index in [1.54, 1.807) is 36.6 Å². The number of aromatic nitrogens is 1. The third-order valence-corrected chi connectivity index (χ3v) is 7.14. The first kappa shape index (κ1) is 25.7. The van der Waals surface area contributed by atoms with E-state index in [2.05, 4.69) is 20.9 Å². The van der Waals surface area contributed by atoms with Crippen LogP contribution in [0.15, 0.2) is 61.9 Å². The van der Waals surface area contributed by atoms with E-state index >= 15 is 0 Å². The Labute approximate surface area is 220 Å². The van der Waals surface area contributed by atoms with Crippen LogP contribution in [0.5, 0.6) is 17.2 Å². The van der Waals surface area contributed by atoms with Gasteiger partial charge in [-0.25, -0.2) is 9.79 Å². The zero-order valence-electron chi connectivity index (χ0n) is 20.5. The number of thiazole rings is 1. The highest BCUT2D eigenvalue weighted by Crippen LogP contribution is 2.38. The van der Waals surface area contributed by atoms with E-state index in [9.17, 15) is 9.59 Å². The number of carbonyl (C=O) groups excluding carboxylic acids is 1. The molecule has 0 amide bonds. The highest BCUT2D eigenvalue weighted by molar-refractivity contribution is 9.10. The molecule has 1 aromatic heterocycles. The summed E-state index contributed by atoms with van der Waals surface area (Å²) in [6, 6.07) is 10.4. The van der Waals surface area contributed by atoms with Crippen LogP contribution >= 0.6 is 27.3 Å². The third-order valence-electron chi connectivity index (χ3n) is 5.67. The van der Waals surface area contributed by atoms with Crippen molar-refractivity contribution >= 4 is 39.3 Å². The van der Waals surface area contributed by atoms with Crippen molar-refractivity contribution in [3.8, 4) is 17.2 Å². The highest BCUT2D eigenvalue weighted by Gasteiger charge is 2.33. The topological polar surface area (TPSA) is 88.4 Å². The first-order chi connectivity index (χ1) is 17.3. The number of ether oxygens (including phenoxy) is 4. The summed E-state index contributed by atoms with van der Waals surface area (Å²) in [5.74, 6) is 0.914. The van der Waals surface area contributed by atoms with Crippen LogP contribution in [0.2, 0.25) is 0 Å². The second-order valence-corrected chi connectivity index (χ2v) is 9.74. The minimum atomic E-state index is -0.681. The molecule has 0 N–H and O–H groups in total. The van der Waals surface area contributed by atoms with Gasteiger partial charge in [-0.2, -0.15) is 0 Å². The fourth-order valence-electron chi connectivity index (χ4n) is 4.12. The van der Waals surface area contributed by atoms with Crippen molar-refractivity contribution in [2.75, 3.05) is 27.9 Å². The second-order valence-electron chi connectivity index (χ2n) is 7.82. The Morgan fingerprint density at radius 1 is 1.14 bits per heavy atom. The van der Waals surface area contributed by atoms with Crippen molar-refractivity contribution in [1.29, 1.82) is 0 Å². The summed E-state index contributed by atoms with van der Waals surface area (Å²) in [5.41, 5.74) is 2.03. The molecule has 2 heterocycles. The molecule has 0 aliphatic carbocycles. The molecule has 0 unspecified atom stereocenters. The fraction of sp³-hybridized carbons (Fsp3) is 0.269. The molecule has 2 aromatic carbocycles. The molecule has 1 atom stereocenters. The Morgan fingerprint density at radius 3 is 2.42 bits per heavy atom.